The van der Waals surface area contributed by atoms with Gasteiger partial charge in [0, 0.05) is 6.61 Å². The Hall–Kier alpha value is -1.92. The number of imide groups is 1. The molecule has 3 unspecified atom stereocenters. The summed E-state index contributed by atoms with van der Waals surface area (Å²) in [5.41, 5.74) is 0.139. The van der Waals surface area contributed by atoms with Crippen molar-refractivity contribution in [3.8, 4) is 0 Å². The van der Waals surface area contributed by atoms with Crippen LogP contribution >= 0.6 is 0 Å². The van der Waals surface area contributed by atoms with E-state index in [0.29, 0.717) is 6.61 Å². The predicted octanol–water partition coefficient (Wildman–Crippen LogP) is 3.27. The second-order valence-corrected chi connectivity index (χ2v) is 6.62. The zero-order valence-corrected chi connectivity index (χ0v) is 14.8. The molecule has 1 fully saturated rings. The maximum absolute atomic E-state index is 12.5. The van der Waals surface area contributed by atoms with Crippen molar-refractivity contribution in [2.45, 2.75) is 58.7 Å². The van der Waals surface area contributed by atoms with Crippen LogP contribution in [0.15, 0.2) is 30.3 Å². The van der Waals surface area contributed by atoms with Gasteiger partial charge in [0.2, 0.25) is 0 Å². The molecule has 6 heteroatoms. The first-order chi connectivity index (χ1) is 11.2. The zero-order valence-electron chi connectivity index (χ0n) is 14.8. The Kier molecular flexibility index (Phi) is 5.62. The second-order valence-electron chi connectivity index (χ2n) is 6.62. The lowest BCUT2D eigenvalue weighted by Gasteiger charge is -2.45. The lowest BCUT2D eigenvalue weighted by Crippen LogP contribution is -2.63. The van der Waals surface area contributed by atoms with Gasteiger partial charge in [0.05, 0.1) is 0 Å². The third-order valence-electron chi connectivity index (χ3n) is 3.52. The molecule has 3 atom stereocenters. The maximum atomic E-state index is 12.5. The van der Waals surface area contributed by atoms with E-state index < -0.39 is 36.0 Å². The Balaban J connectivity index is 2.21. The van der Waals surface area contributed by atoms with Gasteiger partial charge in [-0.05, 0) is 40.2 Å². The standard InChI is InChI=1S/C18H25NO5/c1-6-22-12(2)23-15-14(13-10-8-7-9-11-13)19(16(15)20)17(21)24-18(3,4)5/h7-12,14-15H,6H2,1-5H3. The number of amides is 2. The molecule has 1 saturated heterocycles. The van der Waals surface area contributed by atoms with Crippen molar-refractivity contribution < 1.29 is 23.8 Å². The van der Waals surface area contributed by atoms with Gasteiger partial charge in [-0.3, -0.25) is 4.79 Å². The molecule has 0 aliphatic carbocycles. The lowest BCUT2D eigenvalue weighted by atomic mass is 9.91. The van der Waals surface area contributed by atoms with Crippen molar-refractivity contribution in [2.24, 2.45) is 0 Å². The molecule has 132 valence electrons. The molecule has 0 aromatic heterocycles. The minimum absolute atomic E-state index is 0.412. The van der Waals surface area contributed by atoms with Gasteiger partial charge >= 0.3 is 6.09 Å². The van der Waals surface area contributed by atoms with Crippen molar-refractivity contribution in [1.82, 2.24) is 4.90 Å². The molecule has 1 heterocycles. The summed E-state index contributed by atoms with van der Waals surface area (Å²) in [6.45, 7) is 9.35. The van der Waals surface area contributed by atoms with E-state index in [4.69, 9.17) is 14.2 Å². The molecule has 2 rings (SSSR count). The van der Waals surface area contributed by atoms with Crippen LogP contribution in [-0.2, 0) is 19.0 Å². The summed E-state index contributed by atoms with van der Waals surface area (Å²) in [5, 5.41) is 0. The molecule has 24 heavy (non-hydrogen) atoms. The van der Waals surface area contributed by atoms with E-state index >= 15 is 0 Å². The second kappa shape index (κ2) is 7.32. The van der Waals surface area contributed by atoms with Gasteiger partial charge in [-0.15, -0.1) is 0 Å². The van der Waals surface area contributed by atoms with Crippen LogP contribution < -0.4 is 0 Å². The molecule has 1 aromatic rings. The van der Waals surface area contributed by atoms with Crippen molar-refractivity contribution in [3.63, 3.8) is 0 Å². The molecule has 0 bridgehead atoms. The zero-order chi connectivity index (χ0) is 17.9. The van der Waals surface area contributed by atoms with E-state index in [9.17, 15) is 9.59 Å². The molecular formula is C18H25NO5. The molecule has 1 aliphatic heterocycles. The Morgan fingerprint density at radius 1 is 1.25 bits per heavy atom. The largest absolute Gasteiger partial charge is 0.443 e. The first-order valence-corrected chi connectivity index (χ1v) is 8.12. The van der Waals surface area contributed by atoms with Gasteiger partial charge in [-0.2, -0.15) is 0 Å². The number of hydrogen-bond acceptors (Lipinski definition) is 5. The number of nitrogens with zero attached hydrogens (tertiary/aromatic N) is 1. The monoisotopic (exact) mass is 335 g/mol. The molecule has 6 nitrogen and oxygen atoms in total. The van der Waals surface area contributed by atoms with E-state index in [1.54, 1.807) is 27.7 Å². The molecular weight excluding hydrogens is 310 g/mol. The van der Waals surface area contributed by atoms with Gasteiger partial charge in [0.25, 0.3) is 5.91 Å². The topological polar surface area (TPSA) is 65.1 Å². The summed E-state index contributed by atoms with van der Waals surface area (Å²) >= 11 is 0. The predicted molar refractivity (Wildman–Crippen MR) is 88.2 cm³/mol. The number of likely N-dealkylation sites (tertiary alicyclic amines) is 1. The first kappa shape index (κ1) is 18.4. The van der Waals surface area contributed by atoms with E-state index in [-0.39, 0.29) is 0 Å². The first-order valence-electron chi connectivity index (χ1n) is 8.12. The molecule has 0 N–H and O–H groups in total. The summed E-state index contributed by atoms with van der Waals surface area (Å²) in [7, 11) is 0. The van der Waals surface area contributed by atoms with Crippen LogP contribution in [0, 0.1) is 0 Å². The molecule has 0 radical (unpaired) electrons. The van der Waals surface area contributed by atoms with E-state index in [1.165, 1.54) is 0 Å². The van der Waals surface area contributed by atoms with Crippen molar-refractivity contribution in [1.29, 1.82) is 0 Å². The highest BCUT2D eigenvalue weighted by Crippen LogP contribution is 2.38. The number of β-lactam (4-membered cyclic amide) rings is 1. The Bertz CT molecular complexity index is 581. The van der Waals surface area contributed by atoms with E-state index in [0.717, 1.165) is 10.5 Å². The Morgan fingerprint density at radius 2 is 1.88 bits per heavy atom. The van der Waals surface area contributed by atoms with Crippen LogP contribution in [0.3, 0.4) is 0 Å². The normalized spacial score (nSPS) is 22.0. The summed E-state index contributed by atoms with van der Waals surface area (Å²) in [6.07, 6.45) is -1.96. The number of carbonyl (C=O) groups excluding carboxylic acids is 2. The van der Waals surface area contributed by atoms with Gasteiger partial charge in [-0.25, -0.2) is 9.69 Å². The molecule has 1 aromatic carbocycles. The van der Waals surface area contributed by atoms with Crippen LogP contribution in [0.1, 0.15) is 46.2 Å². The highest BCUT2D eigenvalue weighted by atomic mass is 16.7. The van der Waals surface area contributed by atoms with Gasteiger partial charge in [0.15, 0.2) is 12.4 Å². The van der Waals surface area contributed by atoms with E-state index in [1.807, 2.05) is 37.3 Å². The third-order valence-corrected chi connectivity index (χ3v) is 3.52. The maximum Gasteiger partial charge on any atom is 0.417 e. The van der Waals surface area contributed by atoms with Crippen LogP contribution in [0.25, 0.3) is 0 Å². The number of benzene rings is 1. The van der Waals surface area contributed by atoms with Gasteiger partial charge in [0.1, 0.15) is 11.6 Å². The van der Waals surface area contributed by atoms with Crippen LogP contribution in [-0.4, -0.2) is 41.5 Å². The van der Waals surface area contributed by atoms with Gasteiger partial charge < -0.3 is 14.2 Å². The molecule has 0 saturated carbocycles. The van der Waals surface area contributed by atoms with Crippen molar-refractivity contribution in [2.75, 3.05) is 6.61 Å². The Morgan fingerprint density at radius 3 is 2.42 bits per heavy atom. The lowest BCUT2D eigenvalue weighted by molar-refractivity contribution is -0.211. The Labute approximate surface area is 142 Å². The summed E-state index contributed by atoms with van der Waals surface area (Å²) in [6, 6.07) is 8.78. The summed E-state index contributed by atoms with van der Waals surface area (Å²) in [5.74, 6) is -0.412. The molecule has 2 amide bonds. The number of hydrogen-bond donors (Lipinski definition) is 0. The fourth-order valence-electron chi connectivity index (χ4n) is 2.56. The SMILES string of the molecule is CCOC(C)OC1C(=O)N(C(=O)OC(C)(C)C)C1c1ccccc1. The summed E-state index contributed by atoms with van der Waals surface area (Å²) < 4.78 is 16.4. The van der Waals surface area contributed by atoms with Crippen LogP contribution in [0.5, 0.6) is 0 Å². The smallest absolute Gasteiger partial charge is 0.417 e. The number of carbonyl (C=O) groups is 2. The van der Waals surface area contributed by atoms with Crippen LogP contribution in [0.4, 0.5) is 4.79 Å². The van der Waals surface area contributed by atoms with E-state index in [2.05, 4.69) is 0 Å². The van der Waals surface area contributed by atoms with Gasteiger partial charge in [-0.1, -0.05) is 30.3 Å². The minimum Gasteiger partial charge on any atom is -0.443 e. The molecule has 0 spiro atoms. The highest BCUT2D eigenvalue weighted by Gasteiger charge is 2.54. The van der Waals surface area contributed by atoms with Crippen LogP contribution in [0.2, 0.25) is 0 Å². The quantitative estimate of drug-likeness (QED) is 0.610. The fourth-order valence-corrected chi connectivity index (χ4v) is 2.56. The number of rotatable bonds is 5. The average molecular weight is 335 g/mol. The minimum atomic E-state index is -0.763. The third kappa shape index (κ3) is 4.13. The number of ether oxygens (including phenoxy) is 3. The average Bonchev–Trinajstić information content (AvgIpc) is 2.49. The summed E-state index contributed by atoms with van der Waals surface area (Å²) in [4.78, 5) is 26.0. The fraction of sp³-hybridized carbons (Fsp3) is 0.556. The van der Waals surface area contributed by atoms with Crippen molar-refractivity contribution in [3.05, 3.63) is 35.9 Å². The molecule has 1 aliphatic rings. The van der Waals surface area contributed by atoms with Crippen molar-refractivity contribution >= 4 is 12.0 Å². The highest BCUT2D eigenvalue weighted by molar-refractivity contribution is 6.01.